The number of nitrogens with zero attached hydrogens (tertiary/aromatic N) is 3. The molecule has 1 saturated heterocycles. The van der Waals surface area contributed by atoms with E-state index < -0.39 is 0 Å². The summed E-state index contributed by atoms with van der Waals surface area (Å²) in [6.07, 6.45) is 1.51. The first-order chi connectivity index (χ1) is 12.1. The molecule has 9 heteroatoms. The number of thioether (sulfide) groups is 1. The van der Waals surface area contributed by atoms with Crippen molar-refractivity contribution in [2.45, 2.75) is 5.03 Å². The third kappa shape index (κ3) is 5.22. The number of anilines is 2. The van der Waals surface area contributed by atoms with Gasteiger partial charge in [0.1, 0.15) is 17.2 Å². The summed E-state index contributed by atoms with van der Waals surface area (Å²) >= 11 is 13.3. The first-order valence-corrected chi connectivity index (χ1v) is 9.38. The molecule has 6 nitrogen and oxygen atoms in total. The van der Waals surface area contributed by atoms with Crippen molar-refractivity contribution < 1.29 is 9.53 Å². The van der Waals surface area contributed by atoms with Crippen LogP contribution in [0.15, 0.2) is 35.6 Å². The maximum absolute atomic E-state index is 12.1. The zero-order chi connectivity index (χ0) is 17.6. The predicted octanol–water partition coefficient (Wildman–Crippen LogP) is 3.35. The highest BCUT2D eigenvalue weighted by atomic mass is 35.5. The van der Waals surface area contributed by atoms with Crippen LogP contribution in [-0.2, 0) is 9.53 Å². The fraction of sp³-hybridized carbons (Fsp3) is 0.312. The summed E-state index contributed by atoms with van der Waals surface area (Å²) in [6, 6.07) is 6.82. The summed E-state index contributed by atoms with van der Waals surface area (Å²) in [5, 5.41) is 4.45. The minimum Gasteiger partial charge on any atom is -0.378 e. The van der Waals surface area contributed by atoms with Crippen LogP contribution in [0, 0.1) is 0 Å². The normalized spacial score (nSPS) is 14.4. The Labute approximate surface area is 159 Å². The number of nitrogens with one attached hydrogen (secondary N) is 1. The highest BCUT2D eigenvalue weighted by Crippen LogP contribution is 2.26. The molecule has 1 aromatic heterocycles. The Bertz CT molecular complexity index is 757. The molecule has 0 unspecified atom stereocenters. The van der Waals surface area contributed by atoms with E-state index in [-0.39, 0.29) is 11.7 Å². The zero-order valence-corrected chi connectivity index (χ0v) is 15.6. The number of carbonyl (C=O) groups is 1. The number of benzene rings is 1. The average Bonchev–Trinajstić information content (AvgIpc) is 2.64. The molecule has 0 aliphatic carbocycles. The Morgan fingerprint density at radius 2 is 2.04 bits per heavy atom. The lowest BCUT2D eigenvalue weighted by molar-refractivity contribution is -0.113. The van der Waals surface area contributed by atoms with Gasteiger partial charge >= 0.3 is 0 Å². The van der Waals surface area contributed by atoms with Crippen molar-refractivity contribution >= 4 is 52.4 Å². The number of aromatic nitrogens is 2. The highest BCUT2D eigenvalue weighted by molar-refractivity contribution is 7.99. The van der Waals surface area contributed by atoms with Crippen LogP contribution in [0.3, 0.4) is 0 Å². The summed E-state index contributed by atoms with van der Waals surface area (Å²) in [4.78, 5) is 22.8. The topological polar surface area (TPSA) is 67.4 Å². The van der Waals surface area contributed by atoms with Gasteiger partial charge in [-0.3, -0.25) is 4.79 Å². The summed E-state index contributed by atoms with van der Waals surface area (Å²) in [7, 11) is 0. The second-order valence-electron chi connectivity index (χ2n) is 5.27. The number of ether oxygens (including phenoxy) is 1. The van der Waals surface area contributed by atoms with Crippen LogP contribution in [-0.4, -0.2) is 47.9 Å². The van der Waals surface area contributed by atoms with Gasteiger partial charge in [-0.2, -0.15) is 0 Å². The molecule has 2 heterocycles. The summed E-state index contributed by atoms with van der Waals surface area (Å²) in [5.41, 5.74) is 0.497. The SMILES string of the molecule is O=C(CSc1cc(N2CCOCC2)ncn1)Nc1cc(Cl)ccc1Cl. The van der Waals surface area contributed by atoms with Crippen LogP contribution in [0.5, 0.6) is 0 Å². The minimum atomic E-state index is -0.180. The minimum absolute atomic E-state index is 0.180. The average molecular weight is 399 g/mol. The van der Waals surface area contributed by atoms with Crippen molar-refractivity contribution in [1.82, 2.24) is 9.97 Å². The molecule has 1 amide bonds. The molecular weight excluding hydrogens is 383 g/mol. The number of hydrogen-bond donors (Lipinski definition) is 1. The summed E-state index contributed by atoms with van der Waals surface area (Å²) < 4.78 is 5.34. The second-order valence-corrected chi connectivity index (χ2v) is 7.11. The van der Waals surface area contributed by atoms with Gasteiger partial charge in [0.25, 0.3) is 0 Å². The molecule has 25 heavy (non-hydrogen) atoms. The second kappa shape index (κ2) is 8.71. The van der Waals surface area contributed by atoms with E-state index in [4.69, 9.17) is 27.9 Å². The van der Waals surface area contributed by atoms with Crippen LogP contribution in [0.2, 0.25) is 10.0 Å². The van der Waals surface area contributed by atoms with E-state index in [1.807, 2.05) is 6.07 Å². The van der Waals surface area contributed by atoms with Crippen LogP contribution in [0.4, 0.5) is 11.5 Å². The first-order valence-electron chi connectivity index (χ1n) is 7.64. The van der Waals surface area contributed by atoms with Crippen molar-refractivity contribution in [1.29, 1.82) is 0 Å². The van der Waals surface area contributed by atoms with Crippen molar-refractivity contribution in [2.24, 2.45) is 0 Å². The highest BCUT2D eigenvalue weighted by Gasteiger charge is 2.14. The number of hydrogen-bond acceptors (Lipinski definition) is 6. The zero-order valence-electron chi connectivity index (χ0n) is 13.2. The van der Waals surface area contributed by atoms with Gasteiger partial charge in [-0.05, 0) is 18.2 Å². The Morgan fingerprint density at radius 3 is 2.84 bits per heavy atom. The number of carbonyl (C=O) groups excluding carboxylic acids is 1. The van der Waals surface area contributed by atoms with Crippen molar-refractivity contribution in [3.05, 3.63) is 40.6 Å². The summed E-state index contributed by atoms with van der Waals surface area (Å²) in [5.74, 6) is 0.877. The van der Waals surface area contributed by atoms with Crippen LogP contribution < -0.4 is 10.2 Å². The van der Waals surface area contributed by atoms with Crippen molar-refractivity contribution in [3.8, 4) is 0 Å². The predicted molar refractivity (Wildman–Crippen MR) is 101 cm³/mol. The van der Waals surface area contributed by atoms with E-state index in [1.165, 1.54) is 18.1 Å². The number of amides is 1. The third-order valence-electron chi connectivity index (χ3n) is 3.52. The molecule has 0 atom stereocenters. The van der Waals surface area contributed by atoms with E-state index in [0.717, 1.165) is 23.9 Å². The van der Waals surface area contributed by atoms with E-state index in [9.17, 15) is 4.79 Å². The van der Waals surface area contributed by atoms with E-state index >= 15 is 0 Å². The van der Waals surface area contributed by atoms with Gasteiger partial charge in [0.2, 0.25) is 5.91 Å². The quantitative estimate of drug-likeness (QED) is 0.615. The molecule has 0 radical (unpaired) electrons. The standard InChI is InChI=1S/C16H16Cl2N4O2S/c17-11-1-2-12(18)13(7-11)21-15(23)9-25-16-8-14(19-10-20-16)22-3-5-24-6-4-22/h1-2,7-8,10H,3-6,9H2,(H,21,23). The number of halogens is 2. The number of rotatable bonds is 5. The molecule has 2 aromatic rings. The van der Waals surface area contributed by atoms with Crippen LogP contribution in [0.1, 0.15) is 0 Å². The Balaban J connectivity index is 1.57. The van der Waals surface area contributed by atoms with Gasteiger partial charge in [-0.25, -0.2) is 9.97 Å². The fourth-order valence-corrected chi connectivity index (χ4v) is 3.29. The lowest BCUT2D eigenvalue weighted by Gasteiger charge is -2.27. The van der Waals surface area contributed by atoms with E-state index in [0.29, 0.717) is 28.9 Å². The molecule has 3 rings (SSSR count). The van der Waals surface area contributed by atoms with Crippen LogP contribution in [0.25, 0.3) is 0 Å². The lowest BCUT2D eigenvalue weighted by Crippen LogP contribution is -2.36. The van der Waals surface area contributed by atoms with E-state index in [2.05, 4.69) is 20.2 Å². The fourth-order valence-electron chi connectivity index (χ4n) is 2.29. The number of morpholine rings is 1. The molecule has 132 valence electrons. The maximum Gasteiger partial charge on any atom is 0.234 e. The van der Waals surface area contributed by atoms with Crippen LogP contribution >= 0.6 is 35.0 Å². The maximum atomic E-state index is 12.1. The smallest absolute Gasteiger partial charge is 0.234 e. The largest absolute Gasteiger partial charge is 0.378 e. The van der Waals surface area contributed by atoms with Gasteiger partial charge in [-0.15, -0.1) is 0 Å². The molecule has 1 aromatic carbocycles. The van der Waals surface area contributed by atoms with Gasteiger partial charge in [-0.1, -0.05) is 35.0 Å². The molecule has 1 aliphatic heterocycles. The Kier molecular flexibility index (Phi) is 6.36. The molecule has 0 spiro atoms. The molecule has 1 aliphatic rings. The Morgan fingerprint density at radius 1 is 1.24 bits per heavy atom. The van der Waals surface area contributed by atoms with Crippen molar-refractivity contribution in [3.63, 3.8) is 0 Å². The van der Waals surface area contributed by atoms with Gasteiger partial charge in [0, 0.05) is 24.2 Å². The molecule has 1 fully saturated rings. The lowest BCUT2D eigenvalue weighted by atomic mass is 10.3. The Hall–Kier alpha value is -1.54. The van der Waals surface area contributed by atoms with Gasteiger partial charge < -0.3 is 15.0 Å². The monoisotopic (exact) mass is 398 g/mol. The molecule has 0 bridgehead atoms. The third-order valence-corrected chi connectivity index (χ3v) is 5.01. The molecule has 1 N–H and O–H groups in total. The molecular formula is C16H16Cl2N4O2S. The van der Waals surface area contributed by atoms with E-state index in [1.54, 1.807) is 18.2 Å². The first kappa shape index (κ1) is 18.3. The molecule has 0 saturated carbocycles. The van der Waals surface area contributed by atoms with Gasteiger partial charge in [0.15, 0.2) is 0 Å². The van der Waals surface area contributed by atoms with Crippen molar-refractivity contribution in [2.75, 3.05) is 42.3 Å². The van der Waals surface area contributed by atoms with Gasteiger partial charge in [0.05, 0.1) is 29.7 Å². The summed E-state index contributed by atoms with van der Waals surface area (Å²) in [6.45, 7) is 2.98.